The van der Waals surface area contributed by atoms with Crippen molar-refractivity contribution in [2.24, 2.45) is 0 Å². The van der Waals surface area contributed by atoms with Gasteiger partial charge in [-0.2, -0.15) is 0 Å². The molecule has 9 heteroatoms. The standard InChI is InChI=1S/C17H15N5O4/c1-10-14(16(23)20-13-4-2-3-9-18-13)15(21-17(24)19-10)11-5-7-12(8-6-11)22(25)26/h2-9,15H,1H3,(H,18,20,23)(H2,19,21,24). The highest BCUT2D eigenvalue weighted by Crippen LogP contribution is 2.28. The fourth-order valence-electron chi connectivity index (χ4n) is 2.65. The minimum Gasteiger partial charge on any atom is -0.327 e. The molecule has 3 amide bonds. The molecule has 0 saturated heterocycles. The third kappa shape index (κ3) is 3.51. The molecule has 1 aromatic carbocycles. The van der Waals surface area contributed by atoms with Crippen molar-refractivity contribution in [1.82, 2.24) is 15.6 Å². The Morgan fingerprint density at radius 1 is 1.23 bits per heavy atom. The van der Waals surface area contributed by atoms with Crippen LogP contribution in [0.3, 0.4) is 0 Å². The number of nitro benzene ring substituents is 1. The van der Waals surface area contributed by atoms with Crippen molar-refractivity contribution in [3.05, 3.63) is 75.6 Å². The van der Waals surface area contributed by atoms with Gasteiger partial charge in [0.25, 0.3) is 11.6 Å². The molecule has 1 aromatic heterocycles. The Morgan fingerprint density at radius 3 is 2.58 bits per heavy atom. The second-order valence-corrected chi connectivity index (χ2v) is 5.59. The Bertz CT molecular complexity index is 893. The number of amides is 3. The Morgan fingerprint density at radius 2 is 1.96 bits per heavy atom. The molecule has 3 N–H and O–H groups in total. The van der Waals surface area contributed by atoms with Crippen LogP contribution in [0.5, 0.6) is 0 Å². The van der Waals surface area contributed by atoms with E-state index in [4.69, 9.17) is 0 Å². The maximum Gasteiger partial charge on any atom is 0.319 e. The van der Waals surface area contributed by atoms with E-state index in [9.17, 15) is 19.7 Å². The zero-order chi connectivity index (χ0) is 18.7. The quantitative estimate of drug-likeness (QED) is 0.574. The van der Waals surface area contributed by atoms with Crippen LogP contribution in [0.4, 0.5) is 16.3 Å². The number of allylic oxidation sites excluding steroid dienone is 1. The number of urea groups is 1. The van der Waals surface area contributed by atoms with Gasteiger partial charge in [-0.25, -0.2) is 9.78 Å². The van der Waals surface area contributed by atoms with Gasteiger partial charge in [0, 0.05) is 24.0 Å². The van der Waals surface area contributed by atoms with Crippen LogP contribution in [0, 0.1) is 10.1 Å². The highest BCUT2D eigenvalue weighted by atomic mass is 16.6. The number of nitro groups is 1. The van der Waals surface area contributed by atoms with Crippen molar-refractivity contribution in [3.63, 3.8) is 0 Å². The Labute approximate surface area is 148 Å². The Balaban J connectivity index is 1.93. The number of hydrogen-bond donors (Lipinski definition) is 3. The molecule has 0 bridgehead atoms. The van der Waals surface area contributed by atoms with Crippen molar-refractivity contribution in [2.45, 2.75) is 13.0 Å². The number of benzene rings is 1. The lowest BCUT2D eigenvalue weighted by Crippen LogP contribution is -2.46. The minimum absolute atomic E-state index is 0.0748. The van der Waals surface area contributed by atoms with E-state index in [-0.39, 0.29) is 5.69 Å². The Kier molecular flexibility index (Phi) is 4.61. The van der Waals surface area contributed by atoms with Gasteiger partial charge in [-0.15, -0.1) is 0 Å². The fourth-order valence-corrected chi connectivity index (χ4v) is 2.65. The first kappa shape index (κ1) is 17.1. The van der Waals surface area contributed by atoms with Crippen LogP contribution < -0.4 is 16.0 Å². The number of carbonyl (C=O) groups is 2. The van der Waals surface area contributed by atoms with Gasteiger partial charge >= 0.3 is 6.03 Å². The maximum atomic E-state index is 12.7. The van der Waals surface area contributed by atoms with Crippen LogP contribution in [0.2, 0.25) is 0 Å². The second-order valence-electron chi connectivity index (χ2n) is 5.59. The lowest BCUT2D eigenvalue weighted by atomic mass is 9.94. The number of hydrogen-bond acceptors (Lipinski definition) is 5. The van der Waals surface area contributed by atoms with Gasteiger partial charge in [0.05, 0.1) is 16.5 Å². The van der Waals surface area contributed by atoms with E-state index in [0.29, 0.717) is 22.7 Å². The number of aromatic nitrogens is 1. The average Bonchev–Trinajstić information content (AvgIpc) is 2.61. The zero-order valence-corrected chi connectivity index (χ0v) is 13.7. The van der Waals surface area contributed by atoms with Crippen LogP contribution in [-0.2, 0) is 4.79 Å². The monoisotopic (exact) mass is 353 g/mol. The average molecular weight is 353 g/mol. The number of rotatable bonds is 4. The molecule has 0 aliphatic carbocycles. The summed E-state index contributed by atoms with van der Waals surface area (Å²) in [6.45, 7) is 1.62. The number of pyridine rings is 1. The van der Waals surface area contributed by atoms with Gasteiger partial charge in [0.2, 0.25) is 0 Å². The van der Waals surface area contributed by atoms with Gasteiger partial charge in [-0.1, -0.05) is 6.07 Å². The van der Waals surface area contributed by atoms with E-state index in [1.54, 1.807) is 31.3 Å². The molecule has 0 radical (unpaired) electrons. The largest absolute Gasteiger partial charge is 0.327 e. The normalized spacial score (nSPS) is 16.5. The van der Waals surface area contributed by atoms with Gasteiger partial charge < -0.3 is 16.0 Å². The summed E-state index contributed by atoms with van der Waals surface area (Å²) in [4.78, 5) is 38.9. The second kappa shape index (κ2) is 7.01. The summed E-state index contributed by atoms with van der Waals surface area (Å²) >= 11 is 0. The van der Waals surface area contributed by atoms with Gasteiger partial charge in [-0.3, -0.25) is 14.9 Å². The fraction of sp³-hybridized carbons (Fsp3) is 0.118. The summed E-state index contributed by atoms with van der Waals surface area (Å²) in [6.07, 6.45) is 1.55. The van der Waals surface area contributed by atoms with Crippen LogP contribution in [0.15, 0.2) is 59.9 Å². The van der Waals surface area contributed by atoms with Crippen LogP contribution in [-0.4, -0.2) is 21.8 Å². The van der Waals surface area contributed by atoms with E-state index >= 15 is 0 Å². The summed E-state index contributed by atoms with van der Waals surface area (Å²) in [7, 11) is 0. The molecule has 2 heterocycles. The molecule has 1 aliphatic rings. The molecule has 2 aromatic rings. The third-order valence-electron chi connectivity index (χ3n) is 3.86. The SMILES string of the molecule is CC1=C(C(=O)Nc2ccccn2)C(c2ccc([N+](=O)[O-])cc2)NC(=O)N1. The minimum atomic E-state index is -0.742. The van der Waals surface area contributed by atoms with Crippen molar-refractivity contribution in [3.8, 4) is 0 Å². The molecule has 1 unspecified atom stereocenters. The van der Waals surface area contributed by atoms with Gasteiger partial charge in [0.1, 0.15) is 5.82 Å². The van der Waals surface area contributed by atoms with Crippen LogP contribution >= 0.6 is 0 Å². The van der Waals surface area contributed by atoms with Crippen molar-refractivity contribution >= 4 is 23.4 Å². The van der Waals surface area contributed by atoms with Crippen LogP contribution in [0.25, 0.3) is 0 Å². The first-order valence-corrected chi connectivity index (χ1v) is 7.70. The lowest BCUT2D eigenvalue weighted by Gasteiger charge is -2.28. The molecule has 9 nitrogen and oxygen atoms in total. The third-order valence-corrected chi connectivity index (χ3v) is 3.86. The number of nitrogens with zero attached hydrogens (tertiary/aromatic N) is 2. The van der Waals surface area contributed by atoms with E-state index in [2.05, 4.69) is 20.9 Å². The van der Waals surface area contributed by atoms with Crippen molar-refractivity contribution in [1.29, 1.82) is 0 Å². The zero-order valence-electron chi connectivity index (χ0n) is 13.7. The molecule has 26 heavy (non-hydrogen) atoms. The molecular formula is C17H15N5O4. The van der Waals surface area contributed by atoms with Crippen molar-refractivity contribution in [2.75, 3.05) is 5.32 Å². The predicted octanol–water partition coefficient (Wildman–Crippen LogP) is 2.26. The smallest absolute Gasteiger partial charge is 0.319 e. The Hall–Kier alpha value is -3.75. The summed E-state index contributed by atoms with van der Waals surface area (Å²) in [5.74, 6) is -0.0609. The predicted molar refractivity (Wildman–Crippen MR) is 93.1 cm³/mol. The van der Waals surface area contributed by atoms with Crippen LogP contribution in [0.1, 0.15) is 18.5 Å². The molecule has 3 rings (SSSR count). The molecule has 1 atom stereocenters. The van der Waals surface area contributed by atoms with Crippen molar-refractivity contribution < 1.29 is 14.5 Å². The summed E-state index contributed by atoms with van der Waals surface area (Å²) in [5, 5.41) is 18.7. The first-order valence-electron chi connectivity index (χ1n) is 7.70. The van der Waals surface area contributed by atoms with E-state index < -0.39 is 22.9 Å². The summed E-state index contributed by atoms with van der Waals surface area (Å²) in [6, 6.07) is 9.57. The van der Waals surface area contributed by atoms with E-state index in [0.717, 1.165) is 0 Å². The first-order chi connectivity index (χ1) is 12.5. The number of carbonyl (C=O) groups excluding carboxylic acids is 2. The topological polar surface area (TPSA) is 126 Å². The highest BCUT2D eigenvalue weighted by molar-refractivity contribution is 6.06. The summed E-state index contributed by atoms with van der Waals surface area (Å²) < 4.78 is 0. The molecule has 0 saturated carbocycles. The molecular weight excluding hydrogens is 338 g/mol. The van der Waals surface area contributed by atoms with Gasteiger partial charge in [0.15, 0.2) is 0 Å². The summed E-state index contributed by atoms with van der Waals surface area (Å²) in [5.41, 5.74) is 1.17. The van der Waals surface area contributed by atoms with E-state index in [1.807, 2.05) is 0 Å². The molecule has 132 valence electrons. The number of nitrogens with one attached hydrogen (secondary N) is 3. The van der Waals surface area contributed by atoms with Gasteiger partial charge in [-0.05, 0) is 36.8 Å². The molecule has 0 spiro atoms. The lowest BCUT2D eigenvalue weighted by molar-refractivity contribution is -0.384. The molecule has 0 fully saturated rings. The highest BCUT2D eigenvalue weighted by Gasteiger charge is 2.31. The molecule has 1 aliphatic heterocycles. The number of anilines is 1. The van der Waals surface area contributed by atoms with E-state index in [1.165, 1.54) is 24.3 Å². The number of non-ortho nitro benzene ring substituents is 1. The maximum absolute atomic E-state index is 12.7.